The van der Waals surface area contributed by atoms with E-state index in [1.54, 1.807) is 0 Å². The van der Waals surface area contributed by atoms with E-state index in [4.69, 9.17) is 0 Å². The van der Waals surface area contributed by atoms with Crippen LogP contribution in [-0.4, -0.2) is 35.4 Å². The number of carbonyl (C=O) groups is 1. The fourth-order valence-electron chi connectivity index (χ4n) is 4.01. The van der Waals surface area contributed by atoms with Gasteiger partial charge in [0.1, 0.15) is 6.26 Å². The molecule has 2 bridgehead atoms. The molecule has 16 heavy (non-hydrogen) atoms. The van der Waals surface area contributed by atoms with Crippen molar-refractivity contribution < 1.29 is 4.79 Å². The summed E-state index contributed by atoms with van der Waals surface area (Å²) in [6.45, 7) is 2.05. The smallest absolute Gasteiger partial charge is 0.226 e. The Labute approximate surface area is 102 Å². The lowest BCUT2D eigenvalue weighted by Gasteiger charge is -2.26. The van der Waals surface area contributed by atoms with Crippen LogP contribution >= 0.6 is 0 Å². The number of rotatable bonds is 2. The van der Waals surface area contributed by atoms with Crippen molar-refractivity contribution in [3.63, 3.8) is 0 Å². The van der Waals surface area contributed by atoms with Crippen LogP contribution in [0.15, 0.2) is 0 Å². The molecule has 3 rings (SSSR count). The van der Waals surface area contributed by atoms with Crippen LogP contribution in [0.25, 0.3) is 0 Å². The lowest BCUT2D eigenvalue weighted by Crippen LogP contribution is -2.39. The van der Waals surface area contributed by atoms with Gasteiger partial charge >= 0.3 is 0 Å². The van der Waals surface area contributed by atoms with Crippen molar-refractivity contribution in [1.82, 2.24) is 4.90 Å². The Hall–Kier alpha value is -0.180. The molecule has 1 amide bonds. The van der Waals surface area contributed by atoms with E-state index in [2.05, 4.69) is 11.2 Å². The van der Waals surface area contributed by atoms with Crippen LogP contribution in [0, 0.1) is 17.8 Å². The Morgan fingerprint density at radius 2 is 1.94 bits per heavy atom. The maximum atomic E-state index is 12.4. The normalized spacial score (nSPS) is 41.9. The Morgan fingerprint density at radius 1 is 1.19 bits per heavy atom. The van der Waals surface area contributed by atoms with E-state index in [0.29, 0.717) is 17.7 Å². The first-order valence-corrected chi connectivity index (χ1v) is 7.90. The molecule has 0 unspecified atom stereocenters. The number of carbonyl (C=O) groups excluding carboxylic acids is 1. The van der Waals surface area contributed by atoms with Gasteiger partial charge in [-0.1, -0.05) is 0 Å². The highest BCUT2D eigenvalue weighted by Gasteiger charge is 2.54. The second-order valence-corrected chi connectivity index (χ2v) is 6.73. The topological polar surface area (TPSA) is 20.3 Å². The first-order valence-electron chi connectivity index (χ1n) is 6.61. The summed E-state index contributed by atoms with van der Waals surface area (Å²) in [6, 6.07) is 0. The molecule has 3 aliphatic rings. The quantitative estimate of drug-likeness (QED) is 0.684. The number of nitrogens with zero attached hydrogens (tertiary/aromatic N) is 1. The number of hydrogen-bond donors (Lipinski definition) is 0. The molecule has 2 nitrogen and oxygen atoms in total. The van der Waals surface area contributed by atoms with E-state index >= 15 is 0 Å². The molecule has 2 saturated carbocycles. The predicted molar refractivity (Wildman–Crippen MR) is 67.2 cm³/mol. The zero-order valence-electron chi connectivity index (χ0n) is 10.0. The molecule has 3 heteroatoms. The highest BCUT2D eigenvalue weighted by Crippen LogP contribution is 2.50. The number of likely N-dealkylation sites (tertiary alicyclic amines) is 1. The van der Waals surface area contributed by atoms with Gasteiger partial charge in [0.05, 0.1) is 0 Å². The number of amides is 1. The van der Waals surface area contributed by atoms with Crippen molar-refractivity contribution in [1.29, 1.82) is 0 Å². The number of fused-ring (bicyclic) bond motifs is 2. The summed E-state index contributed by atoms with van der Waals surface area (Å²) in [5.74, 6) is 2.44. The second-order valence-electron chi connectivity index (χ2n) is 5.65. The van der Waals surface area contributed by atoms with Crippen LogP contribution < -0.4 is 0 Å². The van der Waals surface area contributed by atoms with Crippen molar-refractivity contribution >= 4 is 17.7 Å². The number of thioether (sulfide) groups is 1. The van der Waals surface area contributed by atoms with Gasteiger partial charge in [0.25, 0.3) is 0 Å². The molecule has 0 aromatic rings. The highest BCUT2D eigenvalue weighted by molar-refractivity contribution is 7.78. The molecular formula is C13H21NOS+. The average molecular weight is 239 g/mol. The molecule has 3 fully saturated rings. The fraction of sp³-hybridized carbons (Fsp3) is 0.923. The van der Waals surface area contributed by atoms with Crippen molar-refractivity contribution in [3.05, 3.63) is 0 Å². The van der Waals surface area contributed by atoms with E-state index < -0.39 is 0 Å². The van der Waals surface area contributed by atoms with Gasteiger partial charge in [-0.3, -0.25) is 4.79 Å². The maximum Gasteiger partial charge on any atom is 0.226 e. The van der Waals surface area contributed by atoms with Crippen molar-refractivity contribution in [3.8, 4) is 0 Å². The molecule has 4 atom stereocenters. The van der Waals surface area contributed by atoms with Crippen LogP contribution in [0.1, 0.15) is 32.1 Å². The molecule has 89 valence electrons. The Bertz CT molecular complexity index is 288. The summed E-state index contributed by atoms with van der Waals surface area (Å²) in [5, 5.41) is 0.773. The van der Waals surface area contributed by atoms with Gasteiger partial charge < -0.3 is 4.90 Å². The molecule has 1 saturated heterocycles. The average Bonchev–Trinajstić information content (AvgIpc) is 3.02. The van der Waals surface area contributed by atoms with Gasteiger partial charge in [0, 0.05) is 31.3 Å². The van der Waals surface area contributed by atoms with Crippen LogP contribution in [0.3, 0.4) is 0 Å². The molecule has 1 radical (unpaired) electrons. The highest BCUT2D eigenvalue weighted by atomic mass is 32.2. The Morgan fingerprint density at radius 3 is 2.56 bits per heavy atom. The molecular weight excluding hydrogens is 218 g/mol. The van der Waals surface area contributed by atoms with Gasteiger partial charge in [0.2, 0.25) is 5.91 Å². The Kier molecular flexibility index (Phi) is 2.90. The lowest BCUT2D eigenvalue weighted by atomic mass is 9.87. The summed E-state index contributed by atoms with van der Waals surface area (Å²) in [6.07, 6.45) is 8.54. The van der Waals surface area contributed by atoms with E-state index in [9.17, 15) is 4.79 Å². The van der Waals surface area contributed by atoms with Gasteiger partial charge in [-0.05, 0) is 31.6 Å². The molecule has 0 N–H and O–H groups in total. The first-order chi connectivity index (χ1) is 7.79. The maximum absolute atomic E-state index is 12.4. The van der Waals surface area contributed by atoms with E-state index in [1.807, 2.05) is 11.8 Å². The van der Waals surface area contributed by atoms with Gasteiger partial charge in [0.15, 0.2) is 17.0 Å². The third kappa shape index (κ3) is 1.68. The van der Waals surface area contributed by atoms with Crippen molar-refractivity contribution in [2.75, 3.05) is 19.3 Å². The molecule has 0 aromatic heterocycles. The molecule has 1 aliphatic heterocycles. The third-order valence-electron chi connectivity index (χ3n) is 4.79. The largest absolute Gasteiger partial charge is 0.342 e. The summed E-state index contributed by atoms with van der Waals surface area (Å²) in [4.78, 5) is 14.5. The third-order valence-corrected chi connectivity index (χ3v) is 5.94. The summed E-state index contributed by atoms with van der Waals surface area (Å²) in [7, 11) is 0. The SMILES string of the molecule is C[S+][C@@H]1C[C@H]2C[C@@H]1[C@@H](C(=O)N1CCCC1)C2. The van der Waals surface area contributed by atoms with Crippen molar-refractivity contribution in [2.45, 2.75) is 37.4 Å². The zero-order chi connectivity index (χ0) is 11.1. The summed E-state index contributed by atoms with van der Waals surface area (Å²) in [5.41, 5.74) is 0. The van der Waals surface area contributed by atoms with E-state index in [1.165, 1.54) is 32.1 Å². The van der Waals surface area contributed by atoms with Gasteiger partial charge in [-0.25, -0.2) is 0 Å². The van der Waals surface area contributed by atoms with Crippen molar-refractivity contribution in [2.24, 2.45) is 17.8 Å². The first kappa shape index (κ1) is 10.9. The monoisotopic (exact) mass is 239 g/mol. The number of hydrogen-bond acceptors (Lipinski definition) is 2. The Balaban J connectivity index is 1.69. The standard InChI is InChI=1S/C13H21NOS/c1-16-12-8-9-6-10(12)11(7-9)13(15)14-4-2-3-5-14/h9-12H,2-8H2,1H3/q+1/t9-,10+,11-,12+/m0/s1. The molecule has 1 heterocycles. The van der Waals surface area contributed by atoms with Crippen LogP contribution in [0.2, 0.25) is 0 Å². The fourth-order valence-corrected chi connectivity index (χ4v) is 5.13. The van der Waals surface area contributed by atoms with E-state index in [-0.39, 0.29) is 0 Å². The molecule has 2 aliphatic carbocycles. The van der Waals surface area contributed by atoms with Gasteiger partial charge in [-0.2, -0.15) is 0 Å². The summed E-state index contributed by atoms with van der Waals surface area (Å²) < 4.78 is 0. The minimum absolute atomic E-state index is 0.384. The van der Waals surface area contributed by atoms with Gasteiger partial charge in [-0.15, -0.1) is 0 Å². The van der Waals surface area contributed by atoms with Crippen LogP contribution in [0.5, 0.6) is 0 Å². The molecule has 0 spiro atoms. The van der Waals surface area contributed by atoms with Crippen LogP contribution in [-0.2, 0) is 16.6 Å². The molecule has 0 aromatic carbocycles. The zero-order valence-corrected chi connectivity index (χ0v) is 10.8. The lowest BCUT2D eigenvalue weighted by molar-refractivity contribution is -0.136. The predicted octanol–water partition coefficient (Wildman–Crippen LogP) is 1.74. The minimum Gasteiger partial charge on any atom is -0.342 e. The van der Waals surface area contributed by atoms with Crippen LogP contribution in [0.4, 0.5) is 0 Å². The minimum atomic E-state index is 0.384. The summed E-state index contributed by atoms with van der Waals surface area (Å²) >= 11 is 1.99. The van der Waals surface area contributed by atoms with E-state index in [0.717, 1.165) is 24.3 Å². The second kappa shape index (κ2) is 4.25.